The summed E-state index contributed by atoms with van der Waals surface area (Å²) < 4.78 is 6.02. The minimum absolute atomic E-state index is 0.162. The number of anilines is 1. The lowest BCUT2D eigenvalue weighted by atomic mass is 10.1. The topological polar surface area (TPSA) is 142 Å². The number of fused-ring (bicyclic) bond motifs is 1. The summed E-state index contributed by atoms with van der Waals surface area (Å²) >= 11 is 1.13. The van der Waals surface area contributed by atoms with Crippen LogP contribution in [-0.4, -0.2) is 28.3 Å². The van der Waals surface area contributed by atoms with Gasteiger partial charge in [0, 0.05) is 16.2 Å². The Bertz CT molecular complexity index is 1190. The third-order valence-electron chi connectivity index (χ3n) is 4.39. The average Bonchev–Trinajstić information content (AvgIpc) is 3.11. The highest BCUT2D eigenvalue weighted by Gasteiger charge is 2.27. The van der Waals surface area contributed by atoms with Crippen LogP contribution in [0.1, 0.15) is 40.5 Å². The number of nitro groups is 2. The van der Waals surface area contributed by atoms with Crippen molar-refractivity contribution in [3.05, 3.63) is 73.8 Å². The maximum absolute atomic E-state index is 12.8. The molecular weight excluding hydrogens is 426 g/mol. The Balaban J connectivity index is 1.99. The van der Waals surface area contributed by atoms with Crippen molar-refractivity contribution in [2.24, 2.45) is 0 Å². The predicted octanol–water partition coefficient (Wildman–Crippen LogP) is 4.93. The maximum atomic E-state index is 12.8. The minimum atomic E-state index is -0.868. The SMILES string of the molecule is CCCCOC(=O)c1c(NC(=O)c2ccc([N+](=O)[O-])cc2[N+](=O)[O-])sc2ccccc12. The number of ether oxygens (including phenoxy) is 1. The third-order valence-corrected chi connectivity index (χ3v) is 5.48. The molecule has 3 rings (SSSR count). The van der Waals surface area contributed by atoms with E-state index >= 15 is 0 Å². The number of unbranched alkanes of at least 4 members (excludes halogenated alkanes) is 1. The van der Waals surface area contributed by atoms with Crippen LogP contribution in [-0.2, 0) is 4.74 Å². The van der Waals surface area contributed by atoms with Crippen LogP contribution in [0.15, 0.2) is 42.5 Å². The van der Waals surface area contributed by atoms with Crippen LogP contribution in [0, 0.1) is 20.2 Å². The molecule has 0 aliphatic heterocycles. The minimum Gasteiger partial charge on any atom is -0.462 e. The molecule has 31 heavy (non-hydrogen) atoms. The Kier molecular flexibility index (Phi) is 6.55. The first-order chi connectivity index (χ1) is 14.8. The second kappa shape index (κ2) is 9.30. The summed E-state index contributed by atoms with van der Waals surface area (Å²) in [6.45, 7) is 2.18. The van der Waals surface area contributed by atoms with E-state index < -0.39 is 33.1 Å². The molecule has 1 N–H and O–H groups in total. The summed E-state index contributed by atoms with van der Waals surface area (Å²) in [5, 5.41) is 25.6. The molecule has 1 aromatic heterocycles. The number of carbonyl (C=O) groups is 2. The molecule has 11 heteroatoms. The van der Waals surface area contributed by atoms with Gasteiger partial charge in [-0.05, 0) is 18.6 Å². The first kappa shape index (κ1) is 21.8. The van der Waals surface area contributed by atoms with Gasteiger partial charge >= 0.3 is 5.97 Å². The molecule has 0 aliphatic carbocycles. The Morgan fingerprint density at radius 2 is 1.84 bits per heavy atom. The summed E-state index contributed by atoms with van der Waals surface area (Å²) in [4.78, 5) is 46.1. The molecule has 0 unspecified atom stereocenters. The van der Waals surface area contributed by atoms with Crippen LogP contribution in [0.5, 0.6) is 0 Å². The summed E-state index contributed by atoms with van der Waals surface area (Å²) in [5.74, 6) is -1.48. The van der Waals surface area contributed by atoms with Crippen molar-refractivity contribution in [1.82, 2.24) is 0 Å². The van der Waals surface area contributed by atoms with Crippen molar-refractivity contribution in [1.29, 1.82) is 0 Å². The van der Waals surface area contributed by atoms with E-state index in [1.165, 1.54) is 0 Å². The number of thiophene rings is 1. The second-order valence-corrected chi connectivity index (χ2v) is 7.51. The smallest absolute Gasteiger partial charge is 0.341 e. The number of non-ortho nitro benzene ring substituents is 1. The molecule has 1 amide bonds. The number of amides is 1. The highest BCUT2D eigenvalue weighted by atomic mass is 32.1. The molecule has 160 valence electrons. The van der Waals surface area contributed by atoms with Crippen molar-refractivity contribution < 1.29 is 24.2 Å². The zero-order valence-electron chi connectivity index (χ0n) is 16.3. The molecule has 0 radical (unpaired) electrons. The zero-order chi connectivity index (χ0) is 22.5. The van der Waals surface area contributed by atoms with E-state index in [9.17, 15) is 29.8 Å². The standard InChI is InChI=1S/C20H17N3O7S/c1-2-3-10-30-20(25)17-14-6-4-5-7-16(14)31-19(17)21-18(24)13-9-8-12(22(26)27)11-15(13)23(28)29/h4-9,11H,2-3,10H2,1H3,(H,21,24). The molecule has 1 heterocycles. The first-order valence-electron chi connectivity index (χ1n) is 9.26. The van der Waals surface area contributed by atoms with Crippen LogP contribution >= 0.6 is 11.3 Å². The van der Waals surface area contributed by atoms with E-state index in [1.807, 2.05) is 6.92 Å². The monoisotopic (exact) mass is 443 g/mol. The van der Waals surface area contributed by atoms with Gasteiger partial charge in [0.15, 0.2) is 0 Å². The number of nitro benzene ring substituents is 2. The van der Waals surface area contributed by atoms with Crippen molar-refractivity contribution >= 4 is 49.7 Å². The molecule has 0 saturated heterocycles. The van der Waals surface area contributed by atoms with Gasteiger partial charge in [0.05, 0.1) is 22.5 Å². The fourth-order valence-corrected chi connectivity index (χ4v) is 3.95. The van der Waals surface area contributed by atoms with Gasteiger partial charge in [0.25, 0.3) is 17.3 Å². The van der Waals surface area contributed by atoms with Gasteiger partial charge < -0.3 is 10.1 Å². The molecule has 2 aromatic carbocycles. The van der Waals surface area contributed by atoms with Crippen molar-refractivity contribution in [3.63, 3.8) is 0 Å². The van der Waals surface area contributed by atoms with Crippen molar-refractivity contribution in [3.8, 4) is 0 Å². The second-order valence-electron chi connectivity index (χ2n) is 6.46. The molecule has 10 nitrogen and oxygen atoms in total. The summed E-state index contributed by atoms with van der Waals surface area (Å²) in [6, 6.07) is 9.74. The lowest BCUT2D eigenvalue weighted by molar-refractivity contribution is -0.394. The number of benzene rings is 2. The fraction of sp³-hybridized carbons (Fsp3) is 0.200. The number of nitrogens with one attached hydrogen (secondary N) is 1. The normalized spacial score (nSPS) is 10.6. The van der Waals surface area contributed by atoms with Crippen LogP contribution in [0.25, 0.3) is 10.1 Å². The fourth-order valence-electron chi connectivity index (χ4n) is 2.86. The van der Waals surface area contributed by atoms with E-state index in [2.05, 4.69) is 5.32 Å². The van der Waals surface area contributed by atoms with Crippen LogP contribution in [0.2, 0.25) is 0 Å². The third kappa shape index (κ3) is 4.67. The van der Waals surface area contributed by atoms with Gasteiger partial charge in [-0.3, -0.25) is 25.0 Å². The average molecular weight is 443 g/mol. The maximum Gasteiger partial charge on any atom is 0.341 e. The molecule has 0 spiro atoms. The van der Waals surface area contributed by atoms with E-state index in [1.54, 1.807) is 24.3 Å². The van der Waals surface area contributed by atoms with E-state index in [0.717, 1.165) is 40.7 Å². The van der Waals surface area contributed by atoms with Crippen LogP contribution in [0.3, 0.4) is 0 Å². The van der Waals surface area contributed by atoms with E-state index in [4.69, 9.17) is 4.74 Å². The van der Waals surface area contributed by atoms with Crippen molar-refractivity contribution in [2.75, 3.05) is 11.9 Å². The Morgan fingerprint density at radius 3 is 2.52 bits per heavy atom. The van der Waals surface area contributed by atoms with Gasteiger partial charge in [0.1, 0.15) is 16.1 Å². The number of esters is 1. The molecular formula is C20H17N3O7S. The molecule has 0 saturated carbocycles. The molecule has 0 aliphatic rings. The summed E-state index contributed by atoms with van der Waals surface area (Å²) in [6.07, 6.45) is 1.52. The lowest BCUT2D eigenvalue weighted by Crippen LogP contribution is -2.16. The number of hydrogen-bond acceptors (Lipinski definition) is 8. The van der Waals surface area contributed by atoms with E-state index in [-0.39, 0.29) is 22.7 Å². The van der Waals surface area contributed by atoms with Gasteiger partial charge in [-0.2, -0.15) is 0 Å². The number of rotatable bonds is 8. The van der Waals surface area contributed by atoms with Gasteiger partial charge in [-0.25, -0.2) is 4.79 Å². The Morgan fingerprint density at radius 1 is 1.10 bits per heavy atom. The first-order valence-corrected chi connectivity index (χ1v) is 10.1. The molecule has 3 aromatic rings. The summed E-state index contributed by atoms with van der Waals surface area (Å²) in [7, 11) is 0. The molecule has 0 atom stereocenters. The molecule has 0 fully saturated rings. The predicted molar refractivity (Wildman–Crippen MR) is 115 cm³/mol. The van der Waals surface area contributed by atoms with Gasteiger partial charge in [-0.15, -0.1) is 11.3 Å². The lowest BCUT2D eigenvalue weighted by Gasteiger charge is -2.08. The quantitative estimate of drug-likeness (QED) is 0.225. The highest BCUT2D eigenvalue weighted by molar-refractivity contribution is 7.23. The summed E-state index contributed by atoms with van der Waals surface area (Å²) in [5.41, 5.74) is -1.42. The number of carbonyl (C=O) groups excluding carboxylic acids is 2. The van der Waals surface area contributed by atoms with Gasteiger partial charge in [0.2, 0.25) is 0 Å². The molecule has 0 bridgehead atoms. The van der Waals surface area contributed by atoms with Crippen LogP contribution < -0.4 is 5.32 Å². The van der Waals surface area contributed by atoms with E-state index in [0.29, 0.717) is 11.8 Å². The Labute approximate surface area is 179 Å². The number of hydrogen-bond donors (Lipinski definition) is 1. The number of nitrogens with zero attached hydrogens (tertiary/aromatic N) is 2. The van der Waals surface area contributed by atoms with Crippen LogP contribution in [0.4, 0.5) is 16.4 Å². The van der Waals surface area contributed by atoms with Crippen molar-refractivity contribution in [2.45, 2.75) is 19.8 Å². The highest BCUT2D eigenvalue weighted by Crippen LogP contribution is 2.37. The Hall–Kier alpha value is -3.86. The zero-order valence-corrected chi connectivity index (χ0v) is 17.1. The van der Waals surface area contributed by atoms with Gasteiger partial charge in [-0.1, -0.05) is 31.5 Å². The largest absolute Gasteiger partial charge is 0.462 e.